The Kier molecular flexibility index (Phi) is 1.70. The Hall–Kier alpha value is -2.31. The number of nitrogens with zero attached hydrogens (tertiary/aromatic N) is 3. The molecule has 0 unspecified atom stereocenters. The number of aromatic amines is 1. The predicted molar refractivity (Wildman–Crippen MR) is 50.8 cm³/mol. The molecule has 0 spiro atoms. The first-order valence-corrected chi connectivity index (χ1v) is 3.82. The van der Waals surface area contributed by atoms with Crippen LogP contribution in [0, 0.1) is 0 Å². The van der Waals surface area contributed by atoms with Gasteiger partial charge in [0.2, 0.25) is 0 Å². The van der Waals surface area contributed by atoms with E-state index in [9.17, 15) is 4.79 Å². The smallest absolute Gasteiger partial charge is 0.276 e. The van der Waals surface area contributed by atoms with Crippen LogP contribution in [-0.4, -0.2) is 19.7 Å². The monoisotopic (exact) mass is 192 g/mol. The van der Waals surface area contributed by atoms with Crippen LogP contribution in [0.1, 0.15) is 0 Å². The van der Waals surface area contributed by atoms with Crippen molar-refractivity contribution < 1.29 is 0 Å². The van der Waals surface area contributed by atoms with Crippen LogP contribution in [0.25, 0.3) is 5.82 Å². The molecule has 0 bridgehead atoms. The van der Waals surface area contributed by atoms with E-state index in [1.807, 2.05) is 0 Å². The molecular weight excluding hydrogens is 184 g/mol. The Morgan fingerprint density at radius 3 is 2.86 bits per heavy atom. The Morgan fingerprint density at radius 2 is 2.21 bits per heavy atom. The highest BCUT2D eigenvalue weighted by molar-refractivity contribution is 5.51. The van der Waals surface area contributed by atoms with E-state index in [0.717, 1.165) is 0 Å². The van der Waals surface area contributed by atoms with E-state index in [4.69, 9.17) is 11.5 Å². The van der Waals surface area contributed by atoms with Crippen molar-refractivity contribution in [2.45, 2.75) is 0 Å². The minimum atomic E-state index is -0.399. The van der Waals surface area contributed by atoms with Gasteiger partial charge in [0.05, 0.1) is 24.4 Å². The second-order valence-electron chi connectivity index (χ2n) is 2.69. The third-order valence-corrected chi connectivity index (χ3v) is 1.69. The van der Waals surface area contributed by atoms with E-state index in [1.165, 1.54) is 23.4 Å². The fourth-order valence-electron chi connectivity index (χ4n) is 1.04. The molecule has 0 aromatic carbocycles. The van der Waals surface area contributed by atoms with Gasteiger partial charge in [0.15, 0.2) is 5.82 Å². The molecule has 0 aliphatic carbocycles. The van der Waals surface area contributed by atoms with E-state index in [-0.39, 0.29) is 11.5 Å². The van der Waals surface area contributed by atoms with Crippen molar-refractivity contribution in [2.24, 2.45) is 0 Å². The zero-order chi connectivity index (χ0) is 10.1. The van der Waals surface area contributed by atoms with Gasteiger partial charge >= 0.3 is 0 Å². The summed E-state index contributed by atoms with van der Waals surface area (Å²) in [6.07, 6.45) is 4.23. The second kappa shape index (κ2) is 2.87. The number of hydrogen-bond acceptors (Lipinski definition) is 5. The average Bonchev–Trinajstić information content (AvgIpc) is 2.57. The molecule has 0 atom stereocenters. The first-order chi connectivity index (χ1) is 6.68. The average molecular weight is 192 g/mol. The van der Waals surface area contributed by atoms with Crippen molar-refractivity contribution in [2.75, 3.05) is 11.5 Å². The number of aromatic nitrogens is 4. The zero-order valence-electron chi connectivity index (χ0n) is 7.14. The van der Waals surface area contributed by atoms with Crippen LogP contribution in [0.15, 0.2) is 23.5 Å². The predicted octanol–water partition coefficient (Wildman–Crippen LogP) is -0.880. The zero-order valence-corrected chi connectivity index (χ0v) is 7.14. The van der Waals surface area contributed by atoms with Gasteiger partial charge in [-0.2, -0.15) is 5.10 Å². The van der Waals surface area contributed by atoms with Gasteiger partial charge in [0.25, 0.3) is 5.56 Å². The van der Waals surface area contributed by atoms with Crippen molar-refractivity contribution >= 4 is 11.4 Å². The van der Waals surface area contributed by atoms with Crippen LogP contribution in [0.2, 0.25) is 0 Å². The van der Waals surface area contributed by atoms with Gasteiger partial charge in [0, 0.05) is 0 Å². The van der Waals surface area contributed by atoms with Crippen molar-refractivity contribution in [3.63, 3.8) is 0 Å². The third-order valence-electron chi connectivity index (χ3n) is 1.69. The molecular formula is C7H8N6O. The summed E-state index contributed by atoms with van der Waals surface area (Å²) in [5.41, 5.74) is 11.1. The molecule has 0 fully saturated rings. The van der Waals surface area contributed by atoms with Gasteiger partial charge in [-0.1, -0.05) is 0 Å². The molecule has 0 radical (unpaired) electrons. The molecule has 0 aliphatic rings. The van der Waals surface area contributed by atoms with Crippen molar-refractivity contribution in [3.8, 4) is 5.82 Å². The minimum absolute atomic E-state index is 0.00981. The molecule has 0 saturated heterocycles. The SMILES string of the molecule is Nc1cnn(-c2nc[nH]c(=O)c2N)c1. The fraction of sp³-hybridized carbons (Fsp3) is 0. The molecule has 7 heteroatoms. The van der Waals surface area contributed by atoms with Crippen LogP contribution in [-0.2, 0) is 0 Å². The lowest BCUT2D eigenvalue weighted by Crippen LogP contribution is -2.16. The first-order valence-electron chi connectivity index (χ1n) is 3.82. The van der Waals surface area contributed by atoms with E-state index < -0.39 is 5.56 Å². The highest BCUT2D eigenvalue weighted by Gasteiger charge is 2.07. The standard InChI is InChI=1S/C7H8N6O/c8-4-1-12-13(2-4)6-5(9)7(14)11-3-10-6/h1-3H,8-9H2,(H,10,11,14). The molecule has 14 heavy (non-hydrogen) atoms. The number of nitrogens with one attached hydrogen (secondary N) is 1. The Labute approximate surface area is 78.4 Å². The van der Waals surface area contributed by atoms with E-state index >= 15 is 0 Å². The molecule has 7 nitrogen and oxygen atoms in total. The van der Waals surface area contributed by atoms with E-state index in [2.05, 4.69) is 15.1 Å². The van der Waals surface area contributed by atoms with Gasteiger partial charge < -0.3 is 16.5 Å². The molecule has 2 heterocycles. The summed E-state index contributed by atoms with van der Waals surface area (Å²) >= 11 is 0. The lowest BCUT2D eigenvalue weighted by molar-refractivity contribution is 0.839. The summed E-state index contributed by atoms with van der Waals surface area (Å²) in [4.78, 5) is 17.4. The summed E-state index contributed by atoms with van der Waals surface area (Å²) in [6, 6.07) is 0. The lowest BCUT2D eigenvalue weighted by atomic mass is 10.5. The Bertz CT molecular complexity index is 513. The normalized spacial score (nSPS) is 10.3. The van der Waals surface area contributed by atoms with Crippen molar-refractivity contribution in [1.29, 1.82) is 0 Å². The molecule has 0 saturated carbocycles. The van der Waals surface area contributed by atoms with Crippen LogP contribution in [0.3, 0.4) is 0 Å². The molecule has 2 aromatic heterocycles. The molecule has 2 rings (SSSR count). The first kappa shape index (κ1) is 8.30. The summed E-state index contributed by atoms with van der Waals surface area (Å²) in [7, 11) is 0. The summed E-state index contributed by atoms with van der Waals surface area (Å²) in [6.45, 7) is 0. The van der Waals surface area contributed by atoms with E-state index in [0.29, 0.717) is 5.69 Å². The number of rotatable bonds is 1. The quantitative estimate of drug-likeness (QED) is 0.542. The lowest BCUT2D eigenvalue weighted by Gasteiger charge is -2.01. The molecule has 72 valence electrons. The largest absolute Gasteiger partial charge is 0.396 e. The molecule has 0 aliphatic heterocycles. The van der Waals surface area contributed by atoms with Crippen molar-refractivity contribution in [1.82, 2.24) is 19.7 Å². The van der Waals surface area contributed by atoms with Crippen LogP contribution >= 0.6 is 0 Å². The molecule has 5 N–H and O–H groups in total. The Balaban J connectivity index is 2.63. The highest BCUT2D eigenvalue weighted by Crippen LogP contribution is 2.09. The Morgan fingerprint density at radius 1 is 1.43 bits per heavy atom. The molecule has 2 aromatic rings. The van der Waals surface area contributed by atoms with Gasteiger partial charge in [-0.05, 0) is 0 Å². The van der Waals surface area contributed by atoms with Crippen LogP contribution in [0.5, 0.6) is 0 Å². The number of nitrogens with two attached hydrogens (primary N) is 2. The molecule has 0 amide bonds. The summed E-state index contributed by atoms with van der Waals surface area (Å²) < 4.78 is 1.35. The summed E-state index contributed by atoms with van der Waals surface area (Å²) in [5, 5.41) is 3.88. The van der Waals surface area contributed by atoms with Gasteiger partial charge in [-0.15, -0.1) is 0 Å². The van der Waals surface area contributed by atoms with Gasteiger partial charge in [0.1, 0.15) is 5.69 Å². The second-order valence-corrected chi connectivity index (χ2v) is 2.69. The highest BCUT2D eigenvalue weighted by atomic mass is 16.1. The van der Waals surface area contributed by atoms with Crippen molar-refractivity contribution in [3.05, 3.63) is 29.1 Å². The maximum Gasteiger partial charge on any atom is 0.276 e. The number of nitrogen functional groups attached to an aromatic ring is 2. The number of hydrogen-bond donors (Lipinski definition) is 3. The van der Waals surface area contributed by atoms with E-state index in [1.54, 1.807) is 0 Å². The number of anilines is 2. The van der Waals surface area contributed by atoms with Gasteiger partial charge in [-0.3, -0.25) is 4.79 Å². The minimum Gasteiger partial charge on any atom is -0.396 e. The fourth-order valence-corrected chi connectivity index (χ4v) is 1.04. The van der Waals surface area contributed by atoms with Crippen LogP contribution < -0.4 is 17.0 Å². The van der Waals surface area contributed by atoms with Gasteiger partial charge in [-0.25, -0.2) is 9.67 Å². The van der Waals surface area contributed by atoms with Crippen LogP contribution in [0.4, 0.5) is 11.4 Å². The third kappa shape index (κ3) is 1.20. The maximum atomic E-state index is 11.1. The maximum absolute atomic E-state index is 11.1. The number of H-pyrrole nitrogens is 1. The summed E-state index contributed by atoms with van der Waals surface area (Å²) in [5.74, 6) is 0.269. The topological polar surface area (TPSA) is 116 Å².